The molecule has 2 aliphatic carbocycles. The average molecular weight is 476 g/mol. The number of halogens is 3. The lowest BCUT2D eigenvalue weighted by Gasteiger charge is -2.29. The molecule has 1 saturated carbocycles. The van der Waals surface area contributed by atoms with E-state index < -0.39 is 35.7 Å². The number of carbonyl (C=O) groups excluding carboxylic acids is 2. The zero-order valence-electron chi connectivity index (χ0n) is 18.0. The highest BCUT2D eigenvalue weighted by Crippen LogP contribution is 2.44. The Morgan fingerprint density at radius 2 is 1.53 bits per heavy atom. The maximum Gasteiger partial charge on any atom is 0.417 e. The van der Waals surface area contributed by atoms with Crippen molar-refractivity contribution in [2.75, 3.05) is 6.61 Å². The van der Waals surface area contributed by atoms with E-state index in [2.05, 4.69) is 0 Å². The van der Waals surface area contributed by atoms with Crippen LogP contribution in [0.5, 0.6) is 0 Å². The van der Waals surface area contributed by atoms with Crippen molar-refractivity contribution in [1.29, 1.82) is 0 Å². The number of fused-ring (bicyclic) bond motifs is 3. The molecule has 1 atom stereocenters. The van der Waals surface area contributed by atoms with E-state index in [4.69, 9.17) is 4.74 Å². The zero-order chi connectivity index (χ0) is 24.5. The van der Waals surface area contributed by atoms with E-state index in [0.717, 1.165) is 22.3 Å². The fourth-order valence-electron chi connectivity index (χ4n) is 4.73. The number of ether oxygens (including phenoxy) is 1. The molecule has 2 aromatic carbocycles. The number of nitrogens with one attached hydrogen (secondary N) is 2. The van der Waals surface area contributed by atoms with Crippen LogP contribution in [0.25, 0.3) is 11.1 Å². The fourth-order valence-corrected chi connectivity index (χ4v) is 4.73. The normalized spacial score (nSPS) is 17.4. The lowest BCUT2D eigenvalue weighted by atomic mass is 9.97. The minimum absolute atomic E-state index is 0.0175. The lowest BCUT2D eigenvalue weighted by molar-refractivity contribution is -0.170. The van der Waals surface area contributed by atoms with Crippen LogP contribution in [0.2, 0.25) is 0 Å². The Balaban J connectivity index is 1.45. The van der Waals surface area contributed by atoms with Gasteiger partial charge < -0.3 is 20.5 Å². The number of hydrogen-bond acceptors (Lipinski definition) is 4. The van der Waals surface area contributed by atoms with Crippen LogP contribution >= 0.6 is 0 Å². The summed E-state index contributed by atoms with van der Waals surface area (Å²) in [4.78, 5) is 36.3. The maximum absolute atomic E-state index is 13.6. The summed E-state index contributed by atoms with van der Waals surface area (Å²) >= 11 is 0. The topological polar surface area (TPSA) is 105 Å². The van der Waals surface area contributed by atoms with Gasteiger partial charge in [0.15, 0.2) is 0 Å². The van der Waals surface area contributed by atoms with Crippen molar-refractivity contribution in [2.45, 2.75) is 49.4 Å². The molecule has 0 spiro atoms. The van der Waals surface area contributed by atoms with Crippen LogP contribution in [0.3, 0.4) is 0 Å². The molecule has 0 bridgehead atoms. The Morgan fingerprint density at radius 1 is 1.00 bits per heavy atom. The van der Waals surface area contributed by atoms with Crippen LogP contribution in [-0.4, -0.2) is 47.4 Å². The number of hydrogen-bond donors (Lipinski definition) is 3. The molecule has 2 aromatic rings. The molecule has 0 aliphatic heterocycles. The van der Waals surface area contributed by atoms with Gasteiger partial charge in [-0.2, -0.15) is 13.2 Å². The number of carbonyl (C=O) groups is 3. The van der Waals surface area contributed by atoms with Crippen molar-refractivity contribution in [3.8, 4) is 11.1 Å². The SMILES string of the molecule is O=C(NC(C(=O)NC1(C(=O)O)CCCC1)C(F)(F)F)OCC1c2ccccc2-c2ccccc21. The van der Waals surface area contributed by atoms with Crippen LogP contribution in [-0.2, 0) is 14.3 Å². The van der Waals surface area contributed by atoms with E-state index >= 15 is 0 Å². The summed E-state index contributed by atoms with van der Waals surface area (Å²) in [5.74, 6) is -3.41. The van der Waals surface area contributed by atoms with Crippen LogP contribution < -0.4 is 10.6 Å². The van der Waals surface area contributed by atoms with Crippen molar-refractivity contribution in [3.63, 3.8) is 0 Å². The fraction of sp³-hybridized carbons (Fsp3) is 0.375. The Kier molecular flexibility index (Phi) is 6.24. The molecule has 4 rings (SSSR count). The van der Waals surface area contributed by atoms with Gasteiger partial charge in [-0.05, 0) is 35.1 Å². The Hall–Kier alpha value is -3.56. The molecule has 180 valence electrons. The molecule has 0 heterocycles. The molecular formula is C24H23F3N2O5. The van der Waals surface area contributed by atoms with Gasteiger partial charge in [0.2, 0.25) is 6.04 Å². The van der Waals surface area contributed by atoms with Crippen LogP contribution in [0.1, 0.15) is 42.7 Å². The predicted molar refractivity (Wildman–Crippen MR) is 115 cm³/mol. The summed E-state index contributed by atoms with van der Waals surface area (Å²) in [6.07, 6.45) is -5.61. The number of aliphatic carboxylic acids is 1. The number of amides is 2. The molecular weight excluding hydrogens is 453 g/mol. The predicted octanol–water partition coefficient (Wildman–Crippen LogP) is 3.97. The highest BCUT2D eigenvalue weighted by molar-refractivity contribution is 5.92. The van der Waals surface area contributed by atoms with Crippen LogP contribution in [0.4, 0.5) is 18.0 Å². The summed E-state index contributed by atoms with van der Waals surface area (Å²) in [6.45, 7) is -0.231. The smallest absolute Gasteiger partial charge is 0.417 e. The molecule has 0 radical (unpaired) electrons. The molecule has 0 saturated heterocycles. The van der Waals surface area contributed by atoms with Crippen molar-refractivity contribution in [3.05, 3.63) is 59.7 Å². The third-order valence-electron chi connectivity index (χ3n) is 6.42. The summed E-state index contributed by atoms with van der Waals surface area (Å²) in [7, 11) is 0. The standard InChI is InChI=1S/C24H23F3N2O5/c25-24(26,27)19(20(30)29-23(21(31)32)11-5-6-12-23)28-22(33)34-13-18-16-9-3-1-7-14(16)15-8-2-4-10-17(15)18/h1-4,7-10,18-19H,5-6,11-13H2,(H,28,33)(H,29,30)(H,31,32). The highest BCUT2D eigenvalue weighted by atomic mass is 19.4. The number of alkyl halides is 3. The van der Waals surface area contributed by atoms with Crippen molar-refractivity contribution < 1.29 is 37.4 Å². The van der Waals surface area contributed by atoms with Crippen molar-refractivity contribution in [1.82, 2.24) is 10.6 Å². The number of carboxylic acids is 1. The Labute approximate surface area is 193 Å². The van der Waals surface area contributed by atoms with Gasteiger partial charge in [0, 0.05) is 5.92 Å². The molecule has 10 heteroatoms. The second-order valence-corrected chi connectivity index (χ2v) is 8.53. The minimum Gasteiger partial charge on any atom is -0.480 e. The molecule has 0 aromatic heterocycles. The first kappa shape index (κ1) is 23.6. The number of alkyl carbamates (subject to hydrolysis) is 1. The quantitative estimate of drug-likeness (QED) is 0.585. The molecule has 2 aliphatic rings. The summed E-state index contributed by atoms with van der Waals surface area (Å²) in [6, 6.07) is 12.0. The lowest BCUT2D eigenvalue weighted by Crippen LogP contribution is -2.61. The molecule has 2 amide bonds. The highest BCUT2D eigenvalue weighted by Gasteiger charge is 2.51. The molecule has 34 heavy (non-hydrogen) atoms. The van der Waals surface area contributed by atoms with Gasteiger partial charge >= 0.3 is 18.2 Å². The van der Waals surface area contributed by atoms with E-state index in [1.54, 1.807) is 5.32 Å². The summed E-state index contributed by atoms with van der Waals surface area (Å²) < 4.78 is 45.9. The van der Waals surface area contributed by atoms with Gasteiger partial charge in [0.25, 0.3) is 5.91 Å². The van der Waals surface area contributed by atoms with Gasteiger partial charge in [-0.3, -0.25) is 4.79 Å². The summed E-state index contributed by atoms with van der Waals surface area (Å²) in [5.41, 5.74) is 1.89. The zero-order valence-corrected chi connectivity index (χ0v) is 18.0. The van der Waals surface area contributed by atoms with E-state index in [0.29, 0.717) is 12.8 Å². The minimum atomic E-state index is -5.14. The Bertz CT molecular complexity index is 1070. The maximum atomic E-state index is 13.6. The average Bonchev–Trinajstić information content (AvgIpc) is 3.39. The van der Waals surface area contributed by atoms with E-state index in [1.165, 1.54) is 0 Å². The summed E-state index contributed by atoms with van der Waals surface area (Å²) in [5, 5.41) is 13.0. The van der Waals surface area contributed by atoms with Gasteiger partial charge in [-0.1, -0.05) is 61.4 Å². The first-order chi connectivity index (χ1) is 16.1. The molecule has 1 fully saturated rings. The third-order valence-corrected chi connectivity index (χ3v) is 6.42. The number of rotatable bonds is 6. The molecule has 1 unspecified atom stereocenters. The second kappa shape index (κ2) is 9.00. The second-order valence-electron chi connectivity index (χ2n) is 8.53. The van der Waals surface area contributed by atoms with Crippen LogP contribution in [0, 0.1) is 0 Å². The van der Waals surface area contributed by atoms with Crippen molar-refractivity contribution >= 4 is 18.0 Å². The van der Waals surface area contributed by atoms with E-state index in [1.807, 2.05) is 53.8 Å². The first-order valence-corrected chi connectivity index (χ1v) is 10.9. The van der Waals surface area contributed by atoms with Gasteiger partial charge in [-0.25, -0.2) is 9.59 Å². The largest absolute Gasteiger partial charge is 0.480 e. The van der Waals surface area contributed by atoms with Crippen molar-refractivity contribution in [2.24, 2.45) is 0 Å². The number of benzene rings is 2. The molecule has 3 N–H and O–H groups in total. The van der Waals surface area contributed by atoms with Gasteiger partial charge in [0.05, 0.1) is 0 Å². The number of carboxylic acid groups (broad SMARTS) is 1. The van der Waals surface area contributed by atoms with Gasteiger partial charge in [-0.15, -0.1) is 0 Å². The Morgan fingerprint density at radius 3 is 2.03 bits per heavy atom. The van der Waals surface area contributed by atoms with E-state index in [-0.39, 0.29) is 25.4 Å². The monoisotopic (exact) mass is 476 g/mol. The van der Waals surface area contributed by atoms with Crippen LogP contribution in [0.15, 0.2) is 48.5 Å². The van der Waals surface area contributed by atoms with E-state index in [9.17, 15) is 32.7 Å². The van der Waals surface area contributed by atoms with Gasteiger partial charge in [0.1, 0.15) is 12.1 Å². The first-order valence-electron chi connectivity index (χ1n) is 10.9. The molecule has 7 nitrogen and oxygen atoms in total. The third kappa shape index (κ3) is 4.44.